The van der Waals surface area contributed by atoms with Crippen molar-refractivity contribution in [3.63, 3.8) is 0 Å². The number of benzene rings is 2. The quantitative estimate of drug-likeness (QED) is 0.627. The molecule has 0 radical (unpaired) electrons. The van der Waals surface area contributed by atoms with Crippen LogP contribution in [-0.2, 0) is 0 Å². The van der Waals surface area contributed by atoms with Crippen LogP contribution in [0.25, 0.3) is 0 Å². The fourth-order valence-electron chi connectivity index (χ4n) is 1.64. The second-order valence-corrected chi connectivity index (χ2v) is 4.59. The zero-order valence-electron chi connectivity index (χ0n) is 8.13. The predicted octanol–water partition coefficient (Wildman–Crippen LogP) is 4.17. The standard InChI is InChI=1S/C12H7F2NS/c13-7-2-4-11-10(5-7)15-9-3-1-8(14)6-12(9)16-11/h1-6,15H. The third-order valence-electron chi connectivity index (χ3n) is 2.37. The van der Waals surface area contributed by atoms with Crippen LogP contribution in [-0.4, -0.2) is 0 Å². The minimum atomic E-state index is -0.280. The summed E-state index contributed by atoms with van der Waals surface area (Å²) in [5.74, 6) is -0.545. The first-order valence-corrected chi connectivity index (χ1v) is 5.58. The molecule has 2 aromatic carbocycles. The van der Waals surface area contributed by atoms with E-state index in [1.54, 1.807) is 12.1 Å². The number of hydrogen-bond acceptors (Lipinski definition) is 2. The molecule has 1 aliphatic heterocycles. The van der Waals surface area contributed by atoms with E-state index >= 15 is 0 Å². The van der Waals surface area contributed by atoms with Gasteiger partial charge in [0.15, 0.2) is 0 Å². The first-order chi connectivity index (χ1) is 7.72. The van der Waals surface area contributed by atoms with Crippen LogP contribution in [0.5, 0.6) is 0 Å². The molecule has 2 aromatic rings. The fraction of sp³-hybridized carbons (Fsp3) is 0. The molecule has 4 heteroatoms. The monoisotopic (exact) mass is 235 g/mol. The SMILES string of the molecule is Fc1ccc2c(c1)Nc1ccc(F)cc1S2. The Bertz CT molecular complexity index is 517. The summed E-state index contributed by atoms with van der Waals surface area (Å²) in [4.78, 5) is 1.72. The lowest BCUT2D eigenvalue weighted by molar-refractivity contribution is 0.623. The van der Waals surface area contributed by atoms with Crippen LogP contribution in [0.1, 0.15) is 0 Å². The summed E-state index contributed by atoms with van der Waals surface area (Å²) >= 11 is 1.44. The van der Waals surface area contributed by atoms with Gasteiger partial charge in [-0.15, -0.1) is 0 Å². The molecule has 0 spiro atoms. The molecule has 1 heterocycles. The number of halogens is 2. The lowest BCUT2D eigenvalue weighted by Gasteiger charge is -2.20. The summed E-state index contributed by atoms with van der Waals surface area (Å²) < 4.78 is 26.1. The summed E-state index contributed by atoms with van der Waals surface area (Å²) in [7, 11) is 0. The Hall–Kier alpha value is -1.55. The molecule has 0 aliphatic carbocycles. The molecular formula is C12H7F2NS. The Balaban J connectivity index is 2.09. The van der Waals surface area contributed by atoms with Crippen LogP contribution in [0, 0.1) is 11.6 Å². The van der Waals surface area contributed by atoms with Gasteiger partial charge in [0.05, 0.1) is 11.4 Å². The molecule has 0 saturated carbocycles. The molecule has 0 unspecified atom stereocenters. The van der Waals surface area contributed by atoms with Gasteiger partial charge < -0.3 is 5.32 Å². The summed E-state index contributed by atoms with van der Waals surface area (Å²) in [5, 5.41) is 3.08. The van der Waals surface area contributed by atoms with Crippen molar-refractivity contribution < 1.29 is 8.78 Å². The third-order valence-corrected chi connectivity index (χ3v) is 3.51. The van der Waals surface area contributed by atoms with E-state index in [0.29, 0.717) is 0 Å². The smallest absolute Gasteiger partial charge is 0.125 e. The average Bonchev–Trinajstić information content (AvgIpc) is 2.26. The first kappa shape index (κ1) is 9.66. The number of rotatable bonds is 0. The number of nitrogens with one attached hydrogen (secondary N) is 1. The Labute approximate surface area is 95.5 Å². The van der Waals surface area contributed by atoms with Crippen LogP contribution in [0.15, 0.2) is 46.2 Å². The Morgan fingerprint density at radius 2 is 1.56 bits per heavy atom. The molecule has 0 bridgehead atoms. The van der Waals surface area contributed by atoms with Gasteiger partial charge >= 0.3 is 0 Å². The highest BCUT2D eigenvalue weighted by molar-refractivity contribution is 7.99. The van der Waals surface area contributed by atoms with Crippen molar-refractivity contribution >= 4 is 23.1 Å². The van der Waals surface area contributed by atoms with Crippen LogP contribution < -0.4 is 5.32 Å². The molecule has 1 N–H and O–H groups in total. The molecule has 0 aromatic heterocycles. The van der Waals surface area contributed by atoms with Crippen molar-refractivity contribution in [2.24, 2.45) is 0 Å². The second-order valence-electron chi connectivity index (χ2n) is 3.51. The zero-order valence-corrected chi connectivity index (χ0v) is 8.94. The van der Waals surface area contributed by atoms with Crippen LogP contribution in [0.4, 0.5) is 20.2 Å². The number of anilines is 2. The van der Waals surface area contributed by atoms with Crippen LogP contribution in [0.2, 0.25) is 0 Å². The Morgan fingerprint density at radius 1 is 0.812 bits per heavy atom. The lowest BCUT2D eigenvalue weighted by Crippen LogP contribution is -2.00. The minimum Gasteiger partial charge on any atom is -0.354 e. The van der Waals surface area contributed by atoms with E-state index in [9.17, 15) is 8.78 Å². The molecule has 16 heavy (non-hydrogen) atoms. The van der Waals surface area contributed by atoms with E-state index in [-0.39, 0.29) is 11.6 Å². The average molecular weight is 235 g/mol. The summed E-state index contributed by atoms with van der Waals surface area (Å²) in [6, 6.07) is 9.05. The molecular weight excluding hydrogens is 228 g/mol. The largest absolute Gasteiger partial charge is 0.354 e. The lowest BCUT2D eigenvalue weighted by atomic mass is 10.2. The molecule has 1 nitrogen and oxygen atoms in total. The summed E-state index contributed by atoms with van der Waals surface area (Å²) in [5.41, 5.74) is 1.54. The summed E-state index contributed by atoms with van der Waals surface area (Å²) in [6.45, 7) is 0. The summed E-state index contributed by atoms with van der Waals surface area (Å²) in [6.07, 6.45) is 0. The van der Waals surface area contributed by atoms with Gasteiger partial charge in [0, 0.05) is 9.79 Å². The molecule has 3 rings (SSSR count). The topological polar surface area (TPSA) is 12.0 Å². The van der Waals surface area contributed by atoms with Gasteiger partial charge in [-0.25, -0.2) is 8.78 Å². The zero-order chi connectivity index (χ0) is 11.1. The third kappa shape index (κ3) is 1.55. The normalized spacial score (nSPS) is 12.6. The number of fused-ring (bicyclic) bond motifs is 2. The Kier molecular flexibility index (Phi) is 2.11. The van der Waals surface area contributed by atoms with Gasteiger partial charge in [-0.1, -0.05) is 11.8 Å². The van der Waals surface area contributed by atoms with Gasteiger partial charge in [0.25, 0.3) is 0 Å². The minimum absolute atomic E-state index is 0.265. The van der Waals surface area contributed by atoms with Gasteiger partial charge in [-0.2, -0.15) is 0 Å². The Morgan fingerprint density at radius 3 is 2.44 bits per heavy atom. The van der Waals surface area contributed by atoms with Crippen molar-refractivity contribution in [2.45, 2.75) is 9.79 Å². The van der Waals surface area contributed by atoms with Gasteiger partial charge in [-0.3, -0.25) is 0 Å². The van der Waals surface area contributed by atoms with Gasteiger partial charge in [0.1, 0.15) is 11.6 Å². The van der Waals surface area contributed by atoms with Gasteiger partial charge in [-0.05, 0) is 36.4 Å². The maximum absolute atomic E-state index is 13.0. The molecule has 0 amide bonds. The van der Waals surface area contributed by atoms with E-state index in [0.717, 1.165) is 21.2 Å². The molecule has 0 atom stereocenters. The van der Waals surface area contributed by atoms with E-state index in [2.05, 4.69) is 5.32 Å². The maximum atomic E-state index is 13.0. The first-order valence-electron chi connectivity index (χ1n) is 4.76. The van der Waals surface area contributed by atoms with E-state index in [1.165, 1.54) is 36.0 Å². The van der Waals surface area contributed by atoms with Crippen molar-refractivity contribution in [3.05, 3.63) is 48.0 Å². The van der Waals surface area contributed by atoms with Crippen LogP contribution >= 0.6 is 11.8 Å². The number of hydrogen-bond donors (Lipinski definition) is 1. The van der Waals surface area contributed by atoms with E-state index < -0.39 is 0 Å². The van der Waals surface area contributed by atoms with Crippen molar-refractivity contribution in [3.8, 4) is 0 Å². The van der Waals surface area contributed by atoms with Crippen molar-refractivity contribution in [1.29, 1.82) is 0 Å². The maximum Gasteiger partial charge on any atom is 0.125 e. The van der Waals surface area contributed by atoms with Crippen molar-refractivity contribution in [2.75, 3.05) is 5.32 Å². The highest BCUT2D eigenvalue weighted by Gasteiger charge is 2.16. The van der Waals surface area contributed by atoms with Crippen molar-refractivity contribution in [1.82, 2.24) is 0 Å². The van der Waals surface area contributed by atoms with E-state index in [1.807, 2.05) is 0 Å². The van der Waals surface area contributed by atoms with Gasteiger partial charge in [0.2, 0.25) is 0 Å². The van der Waals surface area contributed by atoms with Crippen LogP contribution in [0.3, 0.4) is 0 Å². The predicted molar refractivity (Wildman–Crippen MR) is 60.2 cm³/mol. The molecule has 1 aliphatic rings. The molecule has 80 valence electrons. The van der Waals surface area contributed by atoms with E-state index in [4.69, 9.17) is 0 Å². The highest BCUT2D eigenvalue weighted by Crippen LogP contribution is 2.44. The second kappa shape index (κ2) is 3.49. The highest BCUT2D eigenvalue weighted by atomic mass is 32.2. The molecule has 0 saturated heterocycles. The molecule has 0 fully saturated rings. The fourth-order valence-corrected chi connectivity index (χ4v) is 2.63.